The van der Waals surface area contributed by atoms with Crippen molar-refractivity contribution in [1.82, 2.24) is 4.90 Å². The van der Waals surface area contributed by atoms with Gasteiger partial charge in [0, 0.05) is 18.2 Å². The molecule has 2 aromatic rings. The average molecular weight is 485 g/mol. The summed E-state index contributed by atoms with van der Waals surface area (Å²) >= 11 is 0. The standard InChI is InChI=1S/C27H36N2O6/c1-27(2,3)28(26(30)22-15-13-20(14-16-22)18-35-29(31)32)17-23(33-4)19-34-25-12-8-7-11-24(25)21-9-5-6-10-21/h7-8,11-16,21,23H,5-6,9-10,17-19H2,1-4H3. The third-order valence-corrected chi connectivity index (χ3v) is 6.45. The number of carbonyl (C=O) groups is 1. The molecule has 1 saturated carbocycles. The maximum Gasteiger partial charge on any atom is 0.294 e. The van der Waals surface area contributed by atoms with Crippen LogP contribution in [0.15, 0.2) is 48.5 Å². The van der Waals surface area contributed by atoms with Gasteiger partial charge in [0.05, 0.1) is 6.54 Å². The van der Waals surface area contributed by atoms with Crippen molar-refractivity contribution in [3.05, 3.63) is 75.3 Å². The van der Waals surface area contributed by atoms with Gasteiger partial charge < -0.3 is 19.2 Å². The first-order valence-corrected chi connectivity index (χ1v) is 12.1. The fourth-order valence-electron chi connectivity index (χ4n) is 4.46. The predicted octanol–water partition coefficient (Wildman–Crippen LogP) is 5.39. The van der Waals surface area contributed by atoms with Gasteiger partial charge in [-0.15, -0.1) is 10.1 Å². The lowest BCUT2D eigenvalue weighted by Gasteiger charge is -2.38. The molecular weight excluding hydrogens is 448 g/mol. The van der Waals surface area contributed by atoms with E-state index in [1.165, 1.54) is 31.2 Å². The van der Waals surface area contributed by atoms with Gasteiger partial charge in [-0.3, -0.25) is 4.79 Å². The summed E-state index contributed by atoms with van der Waals surface area (Å²) in [6.07, 6.45) is 4.58. The van der Waals surface area contributed by atoms with Gasteiger partial charge in [0.15, 0.2) is 0 Å². The Morgan fingerprint density at radius 3 is 2.37 bits per heavy atom. The topological polar surface area (TPSA) is 91.1 Å². The van der Waals surface area contributed by atoms with Crippen LogP contribution < -0.4 is 4.74 Å². The molecule has 8 nitrogen and oxygen atoms in total. The molecule has 1 atom stereocenters. The molecule has 35 heavy (non-hydrogen) atoms. The summed E-state index contributed by atoms with van der Waals surface area (Å²) < 4.78 is 12.0. The van der Waals surface area contributed by atoms with Crippen molar-refractivity contribution < 1.29 is 24.2 Å². The Morgan fingerprint density at radius 2 is 1.77 bits per heavy atom. The minimum atomic E-state index is -0.834. The molecule has 2 aromatic carbocycles. The zero-order valence-corrected chi connectivity index (χ0v) is 21.1. The lowest BCUT2D eigenvalue weighted by Crippen LogP contribution is -2.50. The van der Waals surface area contributed by atoms with Crippen LogP contribution in [0.2, 0.25) is 0 Å². The van der Waals surface area contributed by atoms with Gasteiger partial charge in [0.2, 0.25) is 0 Å². The van der Waals surface area contributed by atoms with Crippen molar-refractivity contribution >= 4 is 5.91 Å². The van der Waals surface area contributed by atoms with E-state index in [4.69, 9.17) is 9.47 Å². The number of benzene rings is 2. The molecule has 1 fully saturated rings. The van der Waals surface area contributed by atoms with E-state index in [9.17, 15) is 14.9 Å². The second-order valence-corrected chi connectivity index (χ2v) is 9.97. The lowest BCUT2D eigenvalue weighted by atomic mass is 9.97. The van der Waals surface area contributed by atoms with Gasteiger partial charge in [0.25, 0.3) is 11.0 Å². The van der Waals surface area contributed by atoms with Crippen molar-refractivity contribution in [1.29, 1.82) is 0 Å². The third kappa shape index (κ3) is 7.42. The van der Waals surface area contributed by atoms with E-state index in [0.717, 1.165) is 5.75 Å². The highest BCUT2D eigenvalue weighted by Gasteiger charge is 2.30. The third-order valence-electron chi connectivity index (χ3n) is 6.45. The Labute approximate surface area is 207 Å². The van der Waals surface area contributed by atoms with Crippen LogP contribution in [0, 0.1) is 10.1 Å². The SMILES string of the molecule is COC(COc1ccccc1C1CCCC1)CN(C(=O)c1ccc(CO[N+](=O)[O-])cc1)C(C)(C)C. The molecule has 8 heteroatoms. The van der Waals surface area contributed by atoms with Crippen LogP contribution in [0.5, 0.6) is 5.75 Å². The van der Waals surface area contributed by atoms with Gasteiger partial charge in [0.1, 0.15) is 25.1 Å². The molecule has 1 aliphatic carbocycles. The van der Waals surface area contributed by atoms with Crippen LogP contribution in [0.25, 0.3) is 0 Å². The number of hydrogen-bond donors (Lipinski definition) is 0. The first kappa shape index (κ1) is 26.5. The number of amides is 1. The number of para-hydroxylation sites is 1. The zero-order chi connectivity index (χ0) is 25.4. The fraction of sp³-hybridized carbons (Fsp3) is 0.519. The molecule has 0 radical (unpaired) electrons. The summed E-state index contributed by atoms with van der Waals surface area (Å²) in [5, 5.41) is 9.57. The second kappa shape index (κ2) is 12.0. The van der Waals surface area contributed by atoms with E-state index in [1.54, 1.807) is 36.3 Å². The maximum absolute atomic E-state index is 13.4. The molecule has 0 N–H and O–H groups in total. The quantitative estimate of drug-likeness (QED) is 0.314. The summed E-state index contributed by atoms with van der Waals surface area (Å²) in [5.41, 5.74) is 1.91. The Balaban J connectivity index is 1.68. The van der Waals surface area contributed by atoms with E-state index in [2.05, 4.69) is 17.0 Å². The van der Waals surface area contributed by atoms with Gasteiger partial charge in [-0.05, 0) is 68.9 Å². The zero-order valence-electron chi connectivity index (χ0n) is 21.1. The van der Waals surface area contributed by atoms with Crippen molar-refractivity contribution in [2.45, 2.75) is 70.6 Å². The molecule has 0 aromatic heterocycles. The fourth-order valence-corrected chi connectivity index (χ4v) is 4.46. The molecule has 190 valence electrons. The van der Waals surface area contributed by atoms with E-state index < -0.39 is 10.6 Å². The normalized spacial score (nSPS) is 15.0. The predicted molar refractivity (Wildman–Crippen MR) is 133 cm³/mol. The maximum atomic E-state index is 13.4. The highest BCUT2D eigenvalue weighted by Crippen LogP contribution is 2.38. The number of hydrogen-bond acceptors (Lipinski definition) is 6. The molecule has 1 aliphatic rings. The Morgan fingerprint density at radius 1 is 1.11 bits per heavy atom. The van der Waals surface area contributed by atoms with Gasteiger partial charge >= 0.3 is 0 Å². The van der Waals surface area contributed by atoms with Gasteiger partial charge in [-0.25, -0.2) is 0 Å². The minimum Gasteiger partial charge on any atom is -0.491 e. The largest absolute Gasteiger partial charge is 0.491 e. The van der Waals surface area contributed by atoms with Crippen LogP contribution in [0.1, 0.15) is 73.9 Å². The number of methoxy groups -OCH3 is 1. The van der Waals surface area contributed by atoms with Crippen molar-refractivity contribution in [3.63, 3.8) is 0 Å². The number of nitrogens with zero attached hydrogens (tertiary/aromatic N) is 2. The summed E-state index contributed by atoms with van der Waals surface area (Å²) in [5.74, 6) is 1.29. The summed E-state index contributed by atoms with van der Waals surface area (Å²) in [7, 11) is 1.63. The monoisotopic (exact) mass is 484 g/mol. The Hall–Kier alpha value is -3.13. The Bertz CT molecular complexity index is 980. The minimum absolute atomic E-state index is 0.146. The summed E-state index contributed by atoms with van der Waals surface area (Å²) in [6.45, 7) is 6.47. The van der Waals surface area contributed by atoms with Crippen LogP contribution in [-0.2, 0) is 16.2 Å². The van der Waals surface area contributed by atoms with Crippen molar-refractivity contribution in [3.8, 4) is 5.75 Å². The van der Waals surface area contributed by atoms with Crippen LogP contribution in [0.3, 0.4) is 0 Å². The van der Waals surface area contributed by atoms with Crippen LogP contribution >= 0.6 is 0 Å². The highest BCUT2D eigenvalue weighted by atomic mass is 16.9. The van der Waals surface area contributed by atoms with E-state index in [-0.39, 0.29) is 18.6 Å². The van der Waals surface area contributed by atoms with Gasteiger partial charge in [-0.2, -0.15) is 0 Å². The first-order chi connectivity index (χ1) is 16.7. The number of ether oxygens (including phenoxy) is 2. The molecular formula is C27H36N2O6. The van der Waals surface area contributed by atoms with Crippen molar-refractivity contribution in [2.24, 2.45) is 0 Å². The smallest absolute Gasteiger partial charge is 0.294 e. The average Bonchev–Trinajstić information content (AvgIpc) is 3.37. The highest BCUT2D eigenvalue weighted by molar-refractivity contribution is 5.94. The molecule has 0 aliphatic heterocycles. The van der Waals surface area contributed by atoms with Gasteiger partial charge in [-0.1, -0.05) is 43.2 Å². The lowest BCUT2D eigenvalue weighted by molar-refractivity contribution is -0.763. The molecule has 1 unspecified atom stereocenters. The molecule has 0 bridgehead atoms. The summed E-state index contributed by atoms with van der Waals surface area (Å²) in [6, 6.07) is 14.9. The van der Waals surface area contributed by atoms with Crippen LogP contribution in [-0.4, -0.2) is 47.8 Å². The molecule has 0 spiro atoms. The molecule has 1 amide bonds. The molecule has 0 heterocycles. The first-order valence-electron chi connectivity index (χ1n) is 12.1. The van der Waals surface area contributed by atoms with Crippen molar-refractivity contribution in [2.75, 3.05) is 20.3 Å². The number of rotatable bonds is 11. The van der Waals surface area contributed by atoms with E-state index in [0.29, 0.717) is 30.2 Å². The van der Waals surface area contributed by atoms with Crippen LogP contribution in [0.4, 0.5) is 0 Å². The Kier molecular flexibility index (Phi) is 9.09. The molecule has 0 saturated heterocycles. The van der Waals surface area contributed by atoms with E-state index in [1.807, 2.05) is 32.9 Å². The van der Waals surface area contributed by atoms with E-state index >= 15 is 0 Å². The summed E-state index contributed by atoms with van der Waals surface area (Å²) in [4.78, 5) is 30.0. The molecule has 3 rings (SSSR count). The second-order valence-electron chi connectivity index (χ2n) is 9.97. The number of carbonyl (C=O) groups excluding carboxylic acids is 1.